The fraction of sp³-hybridized carbons (Fsp3) is 0.571. The van der Waals surface area contributed by atoms with Crippen LogP contribution in [-0.4, -0.2) is 38.4 Å². The fourth-order valence-corrected chi connectivity index (χ4v) is 4.62. The lowest BCUT2D eigenvalue weighted by Gasteiger charge is -2.28. The normalized spacial score (nSPS) is 18.9. The summed E-state index contributed by atoms with van der Waals surface area (Å²) in [6.07, 6.45) is -3.55. The Morgan fingerprint density at radius 1 is 1.30 bits per heavy atom. The Bertz CT molecular complexity index is 617. The van der Waals surface area contributed by atoms with Crippen molar-refractivity contribution in [1.29, 1.82) is 0 Å². The van der Waals surface area contributed by atoms with Crippen molar-refractivity contribution in [3.8, 4) is 0 Å². The molecular weight excluding hydrogens is 353 g/mol. The number of nitrogens with one attached hydrogen (secondary N) is 1. The molecule has 1 atom stereocenters. The van der Waals surface area contributed by atoms with Crippen molar-refractivity contribution in [3.05, 3.63) is 29.8 Å². The highest BCUT2D eigenvalue weighted by Gasteiger charge is 2.40. The van der Waals surface area contributed by atoms with Crippen LogP contribution >= 0.6 is 12.4 Å². The zero-order chi connectivity index (χ0) is 16.4. The lowest BCUT2D eigenvalue weighted by Crippen LogP contribution is -2.42. The van der Waals surface area contributed by atoms with Crippen LogP contribution in [0.1, 0.15) is 25.3 Å². The van der Waals surface area contributed by atoms with Crippen molar-refractivity contribution in [2.24, 2.45) is 0 Å². The number of benzene rings is 1. The molecule has 0 bridgehead atoms. The zero-order valence-corrected chi connectivity index (χ0v) is 14.3. The summed E-state index contributed by atoms with van der Waals surface area (Å²) in [5, 5.41) is 3.05. The summed E-state index contributed by atoms with van der Waals surface area (Å²) >= 11 is 0. The van der Waals surface area contributed by atoms with Gasteiger partial charge in [-0.1, -0.05) is 19.1 Å². The van der Waals surface area contributed by atoms with Crippen LogP contribution in [0.5, 0.6) is 0 Å². The van der Waals surface area contributed by atoms with Crippen LogP contribution in [0, 0.1) is 0 Å². The largest absolute Gasteiger partial charge is 0.417 e. The van der Waals surface area contributed by atoms with Gasteiger partial charge in [0, 0.05) is 19.1 Å². The number of hydrogen-bond donors (Lipinski definition) is 1. The van der Waals surface area contributed by atoms with Crippen molar-refractivity contribution in [1.82, 2.24) is 9.62 Å². The lowest BCUT2D eigenvalue weighted by atomic mass is 10.2. The standard InChI is InChI=1S/C14H19F3N2O2S.ClH/c1-2-9-19(11-7-8-18-10-11)22(20,21)13-6-4-3-5-12(13)14(15,16)17;/h3-6,11,18H,2,7-10H2,1H3;1H. The highest BCUT2D eigenvalue weighted by Crippen LogP contribution is 2.35. The highest BCUT2D eigenvalue weighted by atomic mass is 35.5. The van der Waals surface area contributed by atoms with Crippen molar-refractivity contribution >= 4 is 22.4 Å². The van der Waals surface area contributed by atoms with Gasteiger partial charge < -0.3 is 5.32 Å². The summed E-state index contributed by atoms with van der Waals surface area (Å²) in [6.45, 7) is 3.15. The van der Waals surface area contributed by atoms with E-state index < -0.39 is 26.7 Å². The Morgan fingerprint density at radius 3 is 2.48 bits per heavy atom. The molecule has 0 radical (unpaired) electrons. The number of nitrogens with zero attached hydrogens (tertiary/aromatic N) is 1. The molecule has 23 heavy (non-hydrogen) atoms. The lowest BCUT2D eigenvalue weighted by molar-refractivity contribution is -0.139. The number of rotatable bonds is 5. The second kappa shape index (κ2) is 7.83. The maximum atomic E-state index is 13.1. The van der Waals surface area contributed by atoms with Gasteiger partial charge in [0.15, 0.2) is 0 Å². The molecule has 132 valence electrons. The smallest absolute Gasteiger partial charge is 0.315 e. The Morgan fingerprint density at radius 2 is 1.96 bits per heavy atom. The molecule has 1 aromatic rings. The molecule has 0 spiro atoms. The van der Waals surface area contributed by atoms with Gasteiger partial charge in [-0.05, 0) is 31.5 Å². The van der Waals surface area contributed by atoms with E-state index >= 15 is 0 Å². The third-order valence-corrected chi connectivity index (χ3v) is 5.67. The molecule has 1 aromatic carbocycles. The average Bonchev–Trinajstić information content (AvgIpc) is 2.97. The first kappa shape index (κ1) is 20.2. The van der Waals surface area contributed by atoms with Crippen molar-refractivity contribution < 1.29 is 21.6 Å². The van der Waals surface area contributed by atoms with E-state index in [2.05, 4.69) is 5.32 Å². The zero-order valence-electron chi connectivity index (χ0n) is 12.6. The molecule has 0 aliphatic carbocycles. The predicted molar refractivity (Wildman–Crippen MR) is 84.1 cm³/mol. The number of alkyl halides is 3. The van der Waals surface area contributed by atoms with E-state index in [-0.39, 0.29) is 25.0 Å². The highest BCUT2D eigenvalue weighted by molar-refractivity contribution is 7.89. The Hall–Kier alpha value is -0.830. The number of sulfonamides is 1. The quantitative estimate of drug-likeness (QED) is 0.864. The molecular formula is C14H20ClF3N2O2S. The minimum absolute atomic E-state index is 0. The van der Waals surface area contributed by atoms with Crippen molar-refractivity contribution in [3.63, 3.8) is 0 Å². The van der Waals surface area contributed by atoms with E-state index in [1.807, 2.05) is 0 Å². The van der Waals surface area contributed by atoms with Crippen LogP contribution in [0.2, 0.25) is 0 Å². The molecule has 1 N–H and O–H groups in total. The molecule has 1 saturated heterocycles. The summed E-state index contributed by atoms with van der Waals surface area (Å²) in [4.78, 5) is -0.664. The van der Waals surface area contributed by atoms with Crippen molar-refractivity contribution in [2.75, 3.05) is 19.6 Å². The van der Waals surface area contributed by atoms with E-state index in [0.717, 1.165) is 12.1 Å². The third-order valence-electron chi connectivity index (χ3n) is 3.66. The minimum atomic E-state index is -4.70. The fourth-order valence-electron chi connectivity index (χ4n) is 2.66. The van der Waals surface area contributed by atoms with E-state index in [9.17, 15) is 21.6 Å². The summed E-state index contributed by atoms with van der Waals surface area (Å²) in [7, 11) is -4.19. The monoisotopic (exact) mass is 372 g/mol. The molecule has 1 aliphatic rings. The van der Waals surface area contributed by atoms with Gasteiger partial charge in [0.2, 0.25) is 10.0 Å². The Labute approximate surface area is 140 Å². The molecule has 9 heteroatoms. The first-order valence-electron chi connectivity index (χ1n) is 7.17. The second-order valence-electron chi connectivity index (χ2n) is 5.26. The minimum Gasteiger partial charge on any atom is -0.315 e. The number of halogens is 4. The van der Waals surface area contributed by atoms with Crippen LogP contribution in [0.25, 0.3) is 0 Å². The van der Waals surface area contributed by atoms with Crippen LogP contribution < -0.4 is 5.32 Å². The maximum absolute atomic E-state index is 13.1. The van der Waals surface area contributed by atoms with Gasteiger partial charge in [-0.25, -0.2) is 8.42 Å². The topological polar surface area (TPSA) is 49.4 Å². The summed E-state index contributed by atoms with van der Waals surface area (Å²) in [5.74, 6) is 0. The van der Waals surface area contributed by atoms with Crippen LogP contribution in [0.3, 0.4) is 0 Å². The van der Waals surface area contributed by atoms with Crippen LogP contribution in [0.15, 0.2) is 29.2 Å². The molecule has 1 fully saturated rings. The van der Waals surface area contributed by atoms with E-state index in [1.54, 1.807) is 6.92 Å². The van der Waals surface area contributed by atoms with Crippen LogP contribution in [0.4, 0.5) is 13.2 Å². The first-order valence-corrected chi connectivity index (χ1v) is 8.61. The van der Waals surface area contributed by atoms with Crippen LogP contribution in [-0.2, 0) is 16.2 Å². The molecule has 1 heterocycles. The third kappa shape index (κ3) is 4.37. The Kier molecular flexibility index (Phi) is 6.88. The first-order chi connectivity index (χ1) is 10.3. The van der Waals surface area contributed by atoms with Gasteiger partial charge >= 0.3 is 6.18 Å². The predicted octanol–water partition coefficient (Wildman–Crippen LogP) is 2.89. The summed E-state index contributed by atoms with van der Waals surface area (Å²) in [6, 6.07) is 4.06. The molecule has 1 unspecified atom stereocenters. The van der Waals surface area contributed by atoms with E-state index in [4.69, 9.17) is 0 Å². The Balaban J connectivity index is 0.00000264. The van der Waals surface area contributed by atoms with Gasteiger partial charge in [0.25, 0.3) is 0 Å². The summed E-state index contributed by atoms with van der Waals surface area (Å²) in [5.41, 5.74) is -1.11. The van der Waals surface area contributed by atoms with E-state index in [1.165, 1.54) is 16.4 Å². The van der Waals surface area contributed by atoms with Gasteiger partial charge in [0.1, 0.15) is 0 Å². The molecule has 0 aromatic heterocycles. The molecule has 1 aliphatic heterocycles. The van der Waals surface area contributed by atoms with Crippen molar-refractivity contribution in [2.45, 2.75) is 36.9 Å². The SMILES string of the molecule is CCCN(C1CCNC1)S(=O)(=O)c1ccccc1C(F)(F)F.Cl. The van der Waals surface area contributed by atoms with Gasteiger partial charge in [-0.3, -0.25) is 0 Å². The second-order valence-corrected chi connectivity index (χ2v) is 7.12. The van der Waals surface area contributed by atoms with Gasteiger partial charge in [0.05, 0.1) is 10.5 Å². The van der Waals surface area contributed by atoms with Gasteiger partial charge in [-0.2, -0.15) is 17.5 Å². The summed E-state index contributed by atoms with van der Waals surface area (Å²) < 4.78 is 66.1. The molecule has 2 rings (SSSR count). The van der Waals surface area contributed by atoms with Gasteiger partial charge in [-0.15, -0.1) is 12.4 Å². The molecule has 0 amide bonds. The average molecular weight is 373 g/mol. The van der Waals surface area contributed by atoms with E-state index in [0.29, 0.717) is 25.9 Å². The maximum Gasteiger partial charge on any atom is 0.417 e. The molecule has 4 nitrogen and oxygen atoms in total. The molecule has 0 saturated carbocycles. The number of hydrogen-bond acceptors (Lipinski definition) is 3.